The van der Waals surface area contributed by atoms with Crippen molar-refractivity contribution < 1.29 is 24.2 Å². The molecule has 5 atom stereocenters. The van der Waals surface area contributed by atoms with Gasteiger partial charge in [-0.2, -0.15) is 0 Å². The predicted octanol–water partition coefficient (Wildman–Crippen LogP) is 2.78. The molecule has 7 nitrogen and oxygen atoms in total. The molecule has 0 bridgehead atoms. The molecule has 186 valence electrons. The summed E-state index contributed by atoms with van der Waals surface area (Å²) in [5.41, 5.74) is 2.85. The number of carbonyl (C=O) groups excluding carboxylic acids is 3. The summed E-state index contributed by atoms with van der Waals surface area (Å²) in [6.45, 7) is 4.89. The molecule has 2 amide bonds. The van der Waals surface area contributed by atoms with Gasteiger partial charge in [-0.1, -0.05) is 42.5 Å². The molecule has 4 heterocycles. The fraction of sp³-hybridized carbons (Fsp3) is 0.519. The highest BCUT2D eigenvalue weighted by Gasteiger charge is 2.70. The highest BCUT2D eigenvalue weighted by Crippen LogP contribution is 2.61. The van der Waals surface area contributed by atoms with Gasteiger partial charge in [0.1, 0.15) is 6.04 Å². The number of aliphatic hydroxyl groups excluding tert-OH is 1. The molecule has 4 aliphatic rings. The second kappa shape index (κ2) is 9.47. The number of hydrogen-bond donors (Lipinski definition) is 1. The molecule has 1 aromatic carbocycles. The summed E-state index contributed by atoms with van der Waals surface area (Å²) >= 11 is 1.55. The third-order valence-corrected chi connectivity index (χ3v) is 9.36. The van der Waals surface area contributed by atoms with E-state index in [4.69, 9.17) is 4.74 Å². The van der Waals surface area contributed by atoms with Gasteiger partial charge in [-0.05, 0) is 44.2 Å². The second-order valence-corrected chi connectivity index (χ2v) is 11.3. The van der Waals surface area contributed by atoms with Crippen LogP contribution in [0.15, 0.2) is 42.5 Å². The summed E-state index contributed by atoms with van der Waals surface area (Å²) in [6, 6.07) is 5.19. The Morgan fingerprint density at radius 1 is 1.14 bits per heavy atom. The Kier molecular flexibility index (Phi) is 6.53. The average molecular weight is 497 g/mol. The van der Waals surface area contributed by atoms with Crippen LogP contribution in [-0.2, 0) is 19.1 Å². The van der Waals surface area contributed by atoms with E-state index in [-0.39, 0.29) is 36.2 Å². The minimum absolute atomic E-state index is 0.0806. The van der Waals surface area contributed by atoms with Crippen LogP contribution in [0.25, 0.3) is 0 Å². The molecule has 0 aliphatic carbocycles. The van der Waals surface area contributed by atoms with E-state index in [1.54, 1.807) is 21.6 Å². The van der Waals surface area contributed by atoms with Crippen molar-refractivity contribution in [3.05, 3.63) is 53.6 Å². The van der Waals surface area contributed by atoms with E-state index in [0.29, 0.717) is 19.6 Å². The zero-order valence-corrected chi connectivity index (χ0v) is 21.0. The van der Waals surface area contributed by atoms with Gasteiger partial charge in [0.25, 0.3) is 5.91 Å². The molecule has 1 N–H and O–H groups in total. The maximum absolute atomic E-state index is 14.3. The number of amides is 2. The molecule has 5 rings (SSSR count). The van der Waals surface area contributed by atoms with Crippen LogP contribution in [0.4, 0.5) is 5.69 Å². The minimum Gasteiger partial charge on any atom is -0.465 e. The number of ether oxygens (including phenoxy) is 1. The summed E-state index contributed by atoms with van der Waals surface area (Å²) in [6.07, 6.45) is 10.0. The number of aliphatic hydroxyl groups is 1. The smallest absolute Gasteiger partial charge is 0.311 e. The van der Waals surface area contributed by atoms with E-state index in [0.717, 1.165) is 29.7 Å². The van der Waals surface area contributed by atoms with Gasteiger partial charge in [-0.25, -0.2) is 0 Å². The lowest BCUT2D eigenvalue weighted by Crippen LogP contribution is -2.53. The van der Waals surface area contributed by atoms with Gasteiger partial charge in [0.05, 0.1) is 23.2 Å². The first kappa shape index (κ1) is 24.1. The summed E-state index contributed by atoms with van der Waals surface area (Å²) in [5.74, 6) is -2.03. The fourth-order valence-electron chi connectivity index (χ4n) is 6.17. The number of esters is 1. The third-order valence-electron chi connectivity index (χ3n) is 7.62. The first-order chi connectivity index (χ1) is 16.9. The maximum Gasteiger partial charge on any atom is 0.311 e. The number of hydrogen-bond acceptors (Lipinski definition) is 6. The first-order valence-electron chi connectivity index (χ1n) is 12.4. The van der Waals surface area contributed by atoms with Crippen molar-refractivity contribution in [1.82, 2.24) is 4.90 Å². The van der Waals surface area contributed by atoms with E-state index in [9.17, 15) is 19.5 Å². The van der Waals surface area contributed by atoms with Crippen LogP contribution in [0.1, 0.15) is 30.4 Å². The molecule has 1 unspecified atom stereocenters. The topological polar surface area (TPSA) is 87.2 Å². The van der Waals surface area contributed by atoms with Gasteiger partial charge < -0.3 is 19.6 Å². The number of para-hydroxylation sites is 1. The monoisotopic (exact) mass is 496 g/mol. The summed E-state index contributed by atoms with van der Waals surface area (Å²) in [4.78, 5) is 44.9. The number of allylic oxidation sites excluding steroid dienone is 1. The average Bonchev–Trinajstić information content (AvgIpc) is 3.23. The first-order valence-corrected chi connectivity index (χ1v) is 13.3. The van der Waals surface area contributed by atoms with Crippen LogP contribution in [-0.4, -0.2) is 70.1 Å². The molecule has 1 aromatic rings. The molecule has 0 aromatic heterocycles. The van der Waals surface area contributed by atoms with Crippen molar-refractivity contribution in [2.24, 2.45) is 11.8 Å². The zero-order chi connectivity index (χ0) is 24.7. The molecule has 0 saturated carbocycles. The summed E-state index contributed by atoms with van der Waals surface area (Å²) in [5, 5.41) is 9.29. The van der Waals surface area contributed by atoms with E-state index >= 15 is 0 Å². The number of nitrogens with zero attached hydrogens (tertiary/aromatic N) is 2. The van der Waals surface area contributed by atoms with Crippen LogP contribution in [0.2, 0.25) is 0 Å². The van der Waals surface area contributed by atoms with Crippen molar-refractivity contribution >= 4 is 35.2 Å². The van der Waals surface area contributed by atoms with Crippen molar-refractivity contribution in [2.45, 2.75) is 49.1 Å². The summed E-state index contributed by atoms with van der Waals surface area (Å²) < 4.78 is 4.72. The molecular weight excluding hydrogens is 464 g/mol. The number of fused-ring (bicyclic) bond motifs is 2. The largest absolute Gasteiger partial charge is 0.465 e. The number of rotatable bonds is 4. The molecule has 1 spiro atoms. The quantitative estimate of drug-likeness (QED) is 0.510. The predicted molar refractivity (Wildman–Crippen MR) is 135 cm³/mol. The Morgan fingerprint density at radius 3 is 2.66 bits per heavy atom. The Balaban J connectivity index is 1.63. The van der Waals surface area contributed by atoms with E-state index in [1.807, 2.05) is 50.3 Å². The molecule has 8 heteroatoms. The fourth-order valence-corrected chi connectivity index (χ4v) is 8.17. The number of aryl methyl sites for hydroxylation is 2. The van der Waals surface area contributed by atoms with E-state index in [2.05, 4.69) is 6.08 Å². The normalized spacial score (nSPS) is 33.3. The lowest BCUT2D eigenvalue weighted by molar-refractivity contribution is -0.153. The Hall–Kier alpha value is -2.58. The molecule has 2 saturated heterocycles. The van der Waals surface area contributed by atoms with Gasteiger partial charge in [-0.15, -0.1) is 11.8 Å². The van der Waals surface area contributed by atoms with Gasteiger partial charge >= 0.3 is 5.97 Å². The third kappa shape index (κ3) is 3.82. The van der Waals surface area contributed by atoms with E-state index in [1.165, 1.54) is 0 Å². The highest BCUT2D eigenvalue weighted by atomic mass is 32.2. The number of thioether (sulfide) groups is 1. The van der Waals surface area contributed by atoms with Crippen LogP contribution in [0, 0.1) is 25.7 Å². The van der Waals surface area contributed by atoms with E-state index < -0.39 is 22.6 Å². The standard InChI is InChI=1S/C27H32N2O5S/c1-17-9-6-10-18(2)22(17)28-13-7-12-27-21(24(31)29(14-8-15-30)23(27)25(28)32)20-19(35-27)11-4-3-5-16-34-26(20)33/h4,6-7,9-12,19-21,23,30H,3,5,8,13-16H2,1-2H3/b11-4-/t19-,20+,21+,23?,27+/m1/s1. The Labute approximate surface area is 210 Å². The second-order valence-electron chi connectivity index (χ2n) is 9.78. The van der Waals surface area contributed by atoms with Crippen LogP contribution in [0.3, 0.4) is 0 Å². The van der Waals surface area contributed by atoms with Gasteiger partial charge in [0.2, 0.25) is 5.91 Å². The van der Waals surface area contributed by atoms with Crippen molar-refractivity contribution in [3.8, 4) is 0 Å². The number of cyclic esters (lactones) is 1. The van der Waals surface area contributed by atoms with Crippen LogP contribution in [0.5, 0.6) is 0 Å². The SMILES string of the molecule is Cc1cccc(C)c1N1CC=C[C@]23S[C@@H]4/C=C\CCCOC(=O)[C@@H]4[C@H]2C(=O)N(CCCO)C3C1=O. The number of anilines is 1. The zero-order valence-electron chi connectivity index (χ0n) is 20.2. The van der Waals surface area contributed by atoms with Gasteiger partial charge in [0, 0.05) is 30.6 Å². The minimum atomic E-state index is -0.868. The van der Waals surface area contributed by atoms with Crippen molar-refractivity contribution in [2.75, 3.05) is 31.2 Å². The summed E-state index contributed by atoms with van der Waals surface area (Å²) in [7, 11) is 0. The molecule has 0 radical (unpaired) electrons. The van der Waals surface area contributed by atoms with Gasteiger partial charge in [0.15, 0.2) is 0 Å². The Bertz CT molecular complexity index is 1080. The molecule has 35 heavy (non-hydrogen) atoms. The lowest BCUT2D eigenvalue weighted by Gasteiger charge is -2.36. The number of carbonyl (C=O) groups is 3. The Morgan fingerprint density at radius 2 is 1.91 bits per heavy atom. The number of benzene rings is 1. The lowest BCUT2D eigenvalue weighted by atomic mass is 9.78. The van der Waals surface area contributed by atoms with Crippen LogP contribution >= 0.6 is 11.8 Å². The highest BCUT2D eigenvalue weighted by molar-refractivity contribution is 8.02. The molecular formula is C27H32N2O5S. The van der Waals surface area contributed by atoms with Crippen molar-refractivity contribution in [3.63, 3.8) is 0 Å². The molecule has 2 fully saturated rings. The van der Waals surface area contributed by atoms with Crippen molar-refractivity contribution in [1.29, 1.82) is 0 Å². The van der Waals surface area contributed by atoms with Crippen LogP contribution < -0.4 is 4.90 Å². The molecule has 4 aliphatic heterocycles. The maximum atomic E-state index is 14.3. The van der Waals surface area contributed by atoms with Gasteiger partial charge in [-0.3, -0.25) is 14.4 Å². The number of likely N-dealkylation sites (tertiary alicyclic amines) is 1.